The van der Waals surface area contributed by atoms with Gasteiger partial charge < -0.3 is 33.1 Å². The zero-order valence-electron chi connectivity index (χ0n) is 24.6. The molecular weight excluding hydrogens is 567 g/mol. The van der Waals surface area contributed by atoms with Crippen molar-refractivity contribution in [1.82, 2.24) is 0 Å². The predicted octanol–water partition coefficient (Wildman–Crippen LogP) is 5.84. The van der Waals surface area contributed by atoms with Crippen LogP contribution in [0.2, 0.25) is 0 Å². The monoisotopic (exact) mass is 608 g/mol. The maximum Gasteiger partial charge on any atom is 0.431 e. The zero-order chi connectivity index (χ0) is 31.0. The van der Waals surface area contributed by atoms with Gasteiger partial charge >= 0.3 is 25.5 Å². The van der Waals surface area contributed by atoms with Gasteiger partial charge in [-0.3, -0.25) is 9.59 Å². The van der Waals surface area contributed by atoms with E-state index in [2.05, 4.69) is 4.74 Å². The summed E-state index contributed by atoms with van der Waals surface area (Å²) < 4.78 is 46.9. The van der Waals surface area contributed by atoms with Crippen LogP contribution in [0.4, 0.5) is 0 Å². The van der Waals surface area contributed by atoms with Crippen LogP contribution in [-0.4, -0.2) is 56.6 Å². The van der Waals surface area contributed by atoms with Gasteiger partial charge in [0.25, 0.3) is 0 Å². The number of methoxy groups -OCH3 is 2. The molecule has 42 heavy (non-hydrogen) atoms. The molecule has 0 aliphatic carbocycles. The van der Waals surface area contributed by atoms with Gasteiger partial charge in [0.15, 0.2) is 6.29 Å². The minimum atomic E-state index is -4.38. The Labute approximate surface area is 246 Å². The number of carbonyl (C=O) groups excluding carboxylic acids is 3. The Morgan fingerprint density at radius 1 is 0.857 bits per heavy atom. The molecule has 2 rings (SSSR count). The van der Waals surface area contributed by atoms with Crippen molar-refractivity contribution in [2.24, 2.45) is 5.92 Å². The topological polar surface area (TPSA) is 144 Å². The molecule has 11 nitrogen and oxygen atoms in total. The zero-order valence-corrected chi connectivity index (χ0v) is 25.5. The quantitative estimate of drug-likeness (QED) is 0.0675. The number of benzene rings is 2. The maximum atomic E-state index is 14.5. The molecule has 0 saturated carbocycles. The molecule has 0 saturated heterocycles. The molecule has 12 heteroatoms. The molecule has 3 atom stereocenters. The molecule has 0 heterocycles. The Bertz CT molecular complexity index is 1200. The van der Waals surface area contributed by atoms with Crippen molar-refractivity contribution in [1.29, 1.82) is 0 Å². The van der Waals surface area contributed by atoms with Gasteiger partial charge in [0.2, 0.25) is 0 Å². The van der Waals surface area contributed by atoms with E-state index >= 15 is 0 Å². The molecule has 0 spiro atoms. The van der Waals surface area contributed by atoms with Crippen LogP contribution in [0.25, 0.3) is 0 Å². The van der Waals surface area contributed by atoms with Crippen LogP contribution in [0.3, 0.4) is 0 Å². The lowest BCUT2D eigenvalue weighted by Gasteiger charge is -2.26. The number of hydrogen-bond donors (Lipinski definition) is 1. The second kappa shape index (κ2) is 18.2. The molecule has 0 fully saturated rings. The first-order valence-electron chi connectivity index (χ1n) is 14.0. The van der Waals surface area contributed by atoms with Crippen LogP contribution in [0.15, 0.2) is 48.5 Å². The summed E-state index contributed by atoms with van der Waals surface area (Å²) in [6.45, 7) is 4.42. The van der Waals surface area contributed by atoms with Crippen LogP contribution in [0, 0.1) is 5.92 Å². The number of esters is 3. The molecule has 0 bridgehead atoms. The van der Waals surface area contributed by atoms with E-state index in [0.29, 0.717) is 12.8 Å². The largest absolute Gasteiger partial charge is 0.469 e. The standard InChI is InChI=1S/C30H41O11P/c1-5-7-19-38-29(33)23-13-9-11-15-25(23)40-42(35,21-22(28(32)37-4)17-18-27(31)36-3)41-26-16-12-10-14-24(26)30(34)39-20-8-6-2/h9-16,22,29,33H,5-8,17-21H2,1-4H3. The minimum Gasteiger partial charge on any atom is -0.469 e. The molecule has 0 aliphatic rings. The molecule has 0 amide bonds. The van der Waals surface area contributed by atoms with Crippen LogP contribution >= 0.6 is 7.60 Å². The average Bonchev–Trinajstić information content (AvgIpc) is 2.99. The Morgan fingerprint density at radius 2 is 1.48 bits per heavy atom. The van der Waals surface area contributed by atoms with Gasteiger partial charge in [-0.05, 0) is 37.5 Å². The lowest BCUT2D eigenvalue weighted by molar-refractivity contribution is -0.146. The average molecular weight is 609 g/mol. The van der Waals surface area contributed by atoms with E-state index in [1.165, 1.54) is 32.4 Å². The Morgan fingerprint density at radius 3 is 2.14 bits per heavy atom. The third-order valence-electron chi connectivity index (χ3n) is 6.17. The summed E-state index contributed by atoms with van der Waals surface area (Å²) in [5.41, 5.74) is 0.201. The fourth-order valence-corrected chi connectivity index (χ4v) is 5.79. The Balaban J connectivity index is 2.50. The third-order valence-corrected chi connectivity index (χ3v) is 8.01. The van der Waals surface area contributed by atoms with E-state index in [1.807, 2.05) is 13.8 Å². The lowest BCUT2D eigenvalue weighted by atomic mass is 10.1. The normalized spacial score (nSPS) is 13.7. The van der Waals surface area contributed by atoms with Gasteiger partial charge in [-0.15, -0.1) is 0 Å². The summed E-state index contributed by atoms with van der Waals surface area (Å²) in [7, 11) is -1.99. The highest BCUT2D eigenvalue weighted by Gasteiger charge is 2.38. The molecule has 2 aromatic carbocycles. The highest BCUT2D eigenvalue weighted by atomic mass is 31.2. The summed E-state index contributed by atoms with van der Waals surface area (Å²) in [6.07, 6.45) is 0.926. The van der Waals surface area contributed by atoms with E-state index in [4.69, 9.17) is 23.3 Å². The van der Waals surface area contributed by atoms with Gasteiger partial charge in [0.1, 0.15) is 17.1 Å². The second-order valence-corrected chi connectivity index (χ2v) is 11.4. The van der Waals surface area contributed by atoms with Crippen LogP contribution in [0.5, 0.6) is 11.5 Å². The molecule has 3 unspecified atom stereocenters. The number of aliphatic hydroxyl groups excluding tert-OH is 1. The summed E-state index contributed by atoms with van der Waals surface area (Å²) in [6, 6.07) is 12.4. The molecule has 232 valence electrons. The molecular formula is C30H41O11P. The van der Waals surface area contributed by atoms with E-state index in [-0.39, 0.29) is 48.7 Å². The van der Waals surface area contributed by atoms with Crippen LogP contribution in [0.1, 0.15) is 74.6 Å². The number of unbranched alkanes of at least 4 members (excludes halogenated alkanes) is 2. The first-order valence-corrected chi connectivity index (χ1v) is 15.7. The molecule has 0 aliphatic heterocycles. The first kappa shape index (κ1) is 34.8. The fraction of sp³-hybridized carbons (Fsp3) is 0.500. The SMILES string of the molecule is CCCCOC(=O)c1ccccc1OP(=O)(CC(CCC(=O)OC)C(=O)OC)Oc1ccccc1C(O)OCCCC. The van der Waals surface area contributed by atoms with Gasteiger partial charge in [-0.1, -0.05) is 57.0 Å². The van der Waals surface area contributed by atoms with Crippen molar-refractivity contribution < 1.29 is 52.1 Å². The van der Waals surface area contributed by atoms with Gasteiger partial charge in [-0.2, -0.15) is 0 Å². The van der Waals surface area contributed by atoms with E-state index in [9.17, 15) is 24.1 Å². The summed E-state index contributed by atoms with van der Waals surface area (Å²) in [5.74, 6) is -3.18. The predicted molar refractivity (Wildman–Crippen MR) is 154 cm³/mol. The van der Waals surface area contributed by atoms with Crippen LogP contribution in [-0.2, 0) is 33.1 Å². The molecule has 1 N–H and O–H groups in total. The van der Waals surface area contributed by atoms with Crippen LogP contribution < -0.4 is 9.05 Å². The van der Waals surface area contributed by atoms with Crippen molar-refractivity contribution in [3.05, 3.63) is 59.7 Å². The molecule has 0 aromatic heterocycles. The van der Waals surface area contributed by atoms with Gasteiger partial charge in [0.05, 0.1) is 45.1 Å². The van der Waals surface area contributed by atoms with Crippen molar-refractivity contribution in [2.75, 3.05) is 33.6 Å². The highest BCUT2D eigenvalue weighted by molar-refractivity contribution is 7.54. The Hall–Kier alpha value is -3.40. The number of aliphatic hydroxyl groups is 1. The smallest absolute Gasteiger partial charge is 0.431 e. The summed E-state index contributed by atoms with van der Waals surface area (Å²) >= 11 is 0. The molecule has 2 aromatic rings. The minimum absolute atomic E-state index is 0.00980. The number of ether oxygens (including phenoxy) is 4. The molecule has 0 radical (unpaired) electrons. The maximum absolute atomic E-state index is 14.5. The van der Waals surface area contributed by atoms with E-state index in [0.717, 1.165) is 12.8 Å². The van der Waals surface area contributed by atoms with Crippen molar-refractivity contribution in [2.45, 2.75) is 58.7 Å². The van der Waals surface area contributed by atoms with Crippen molar-refractivity contribution in [3.8, 4) is 11.5 Å². The fourth-order valence-electron chi connectivity index (χ4n) is 3.81. The van der Waals surface area contributed by atoms with Crippen molar-refractivity contribution >= 4 is 25.5 Å². The number of carbonyl (C=O) groups is 3. The number of para-hydroxylation sites is 2. The highest BCUT2D eigenvalue weighted by Crippen LogP contribution is 2.52. The lowest BCUT2D eigenvalue weighted by Crippen LogP contribution is -2.24. The third kappa shape index (κ3) is 11.1. The summed E-state index contributed by atoms with van der Waals surface area (Å²) in [5, 5.41) is 10.7. The van der Waals surface area contributed by atoms with E-state index < -0.39 is 43.9 Å². The number of rotatable bonds is 19. The van der Waals surface area contributed by atoms with Gasteiger partial charge in [-0.25, -0.2) is 9.36 Å². The van der Waals surface area contributed by atoms with Crippen molar-refractivity contribution in [3.63, 3.8) is 0 Å². The summed E-state index contributed by atoms with van der Waals surface area (Å²) in [4.78, 5) is 37.4. The Kier molecular flexibility index (Phi) is 15.1. The second-order valence-electron chi connectivity index (χ2n) is 9.41. The number of hydrogen-bond acceptors (Lipinski definition) is 11. The van der Waals surface area contributed by atoms with E-state index in [1.54, 1.807) is 30.3 Å². The first-order chi connectivity index (χ1) is 20.2. The van der Waals surface area contributed by atoms with Gasteiger partial charge in [0, 0.05) is 6.42 Å².